The van der Waals surface area contributed by atoms with Crippen LogP contribution in [0.5, 0.6) is 0 Å². The minimum absolute atomic E-state index is 0.151. The molecule has 1 rings (SSSR count). The van der Waals surface area contributed by atoms with Crippen LogP contribution in [0, 0.1) is 5.41 Å². The first-order valence-electron chi connectivity index (χ1n) is 6.43. The number of carbonyl (C=O) groups excluding carboxylic acids is 1. The SMILES string of the molecule is COCCC1CCCCN1OC(=O)C(C)(C)C. The number of hydrogen-bond acceptors (Lipinski definition) is 4. The Morgan fingerprint density at radius 1 is 1.35 bits per heavy atom. The lowest BCUT2D eigenvalue weighted by molar-refractivity contribution is -0.218. The van der Waals surface area contributed by atoms with Crippen molar-refractivity contribution in [1.82, 2.24) is 5.06 Å². The van der Waals surface area contributed by atoms with Gasteiger partial charge in [-0.2, -0.15) is 0 Å². The highest BCUT2D eigenvalue weighted by molar-refractivity contribution is 5.75. The van der Waals surface area contributed by atoms with Crippen LogP contribution in [0.1, 0.15) is 46.5 Å². The van der Waals surface area contributed by atoms with Crippen LogP contribution in [0.4, 0.5) is 0 Å². The maximum atomic E-state index is 11.9. The molecule has 1 saturated heterocycles. The van der Waals surface area contributed by atoms with E-state index in [1.807, 2.05) is 25.8 Å². The van der Waals surface area contributed by atoms with Gasteiger partial charge < -0.3 is 9.57 Å². The van der Waals surface area contributed by atoms with E-state index in [1.165, 1.54) is 6.42 Å². The molecule has 1 aliphatic heterocycles. The molecule has 100 valence electrons. The van der Waals surface area contributed by atoms with Crippen LogP contribution in [0.25, 0.3) is 0 Å². The lowest BCUT2D eigenvalue weighted by Gasteiger charge is -2.35. The van der Waals surface area contributed by atoms with Crippen molar-refractivity contribution in [2.75, 3.05) is 20.3 Å². The molecule has 1 atom stereocenters. The third-order valence-corrected chi connectivity index (χ3v) is 3.04. The fourth-order valence-corrected chi connectivity index (χ4v) is 1.88. The molecule has 0 amide bonds. The molecule has 0 aromatic rings. The quantitative estimate of drug-likeness (QED) is 0.760. The average Bonchev–Trinajstić information content (AvgIpc) is 2.26. The van der Waals surface area contributed by atoms with Gasteiger partial charge in [0, 0.05) is 26.3 Å². The van der Waals surface area contributed by atoms with E-state index in [1.54, 1.807) is 7.11 Å². The summed E-state index contributed by atoms with van der Waals surface area (Å²) in [5.74, 6) is -0.151. The standard InChI is InChI=1S/C13H25NO3/c1-13(2,3)12(15)17-14-9-6-5-7-11(14)8-10-16-4/h11H,5-10H2,1-4H3. The summed E-state index contributed by atoms with van der Waals surface area (Å²) in [4.78, 5) is 17.4. The van der Waals surface area contributed by atoms with E-state index in [0.29, 0.717) is 12.6 Å². The number of nitrogens with zero attached hydrogens (tertiary/aromatic N) is 1. The molecular formula is C13H25NO3. The Morgan fingerprint density at radius 2 is 2.06 bits per heavy atom. The van der Waals surface area contributed by atoms with Gasteiger partial charge in [0.05, 0.1) is 5.41 Å². The molecule has 0 bridgehead atoms. The van der Waals surface area contributed by atoms with E-state index < -0.39 is 5.41 Å². The molecule has 1 aliphatic rings. The minimum Gasteiger partial charge on any atom is -0.385 e. The molecule has 4 nitrogen and oxygen atoms in total. The van der Waals surface area contributed by atoms with Crippen molar-refractivity contribution in [3.05, 3.63) is 0 Å². The third kappa shape index (κ3) is 4.64. The number of piperidine rings is 1. The Balaban J connectivity index is 2.50. The van der Waals surface area contributed by atoms with Crippen molar-refractivity contribution >= 4 is 5.97 Å². The smallest absolute Gasteiger partial charge is 0.330 e. The first-order chi connectivity index (χ1) is 7.95. The average molecular weight is 243 g/mol. The lowest BCUT2D eigenvalue weighted by Crippen LogP contribution is -2.43. The van der Waals surface area contributed by atoms with Gasteiger partial charge in [-0.1, -0.05) is 6.42 Å². The molecule has 0 aromatic heterocycles. The van der Waals surface area contributed by atoms with E-state index in [4.69, 9.17) is 9.57 Å². The van der Waals surface area contributed by atoms with Crippen LogP contribution in [0.2, 0.25) is 0 Å². The van der Waals surface area contributed by atoms with Gasteiger partial charge in [0.2, 0.25) is 0 Å². The second-order valence-corrected chi connectivity index (χ2v) is 5.70. The van der Waals surface area contributed by atoms with Gasteiger partial charge in [-0.15, -0.1) is 5.06 Å². The fourth-order valence-electron chi connectivity index (χ4n) is 1.88. The van der Waals surface area contributed by atoms with Crippen molar-refractivity contribution in [2.45, 2.75) is 52.5 Å². The summed E-state index contributed by atoms with van der Waals surface area (Å²) in [6.45, 7) is 7.20. The van der Waals surface area contributed by atoms with Crippen molar-refractivity contribution in [3.8, 4) is 0 Å². The maximum absolute atomic E-state index is 11.9. The molecule has 17 heavy (non-hydrogen) atoms. The summed E-state index contributed by atoms with van der Waals surface area (Å²) in [7, 11) is 1.70. The summed E-state index contributed by atoms with van der Waals surface area (Å²) in [6.07, 6.45) is 4.31. The fraction of sp³-hybridized carbons (Fsp3) is 0.923. The minimum atomic E-state index is -0.441. The largest absolute Gasteiger partial charge is 0.385 e. The van der Waals surface area contributed by atoms with Crippen LogP contribution in [-0.4, -0.2) is 37.3 Å². The Hall–Kier alpha value is -0.610. The second-order valence-electron chi connectivity index (χ2n) is 5.70. The van der Waals surface area contributed by atoms with Crippen LogP contribution in [0.15, 0.2) is 0 Å². The molecule has 0 N–H and O–H groups in total. The van der Waals surface area contributed by atoms with Gasteiger partial charge in [0.15, 0.2) is 0 Å². The Bertz CT molecular complexity index is 248. The summed E-state index contributed by atoms with van der Waals surface area (Å²) < 4.78 is 5.10. The first kappa shape index (κ1) is 14.5. The topological polar surface area (TPSA) is 38.8 Å². The predicted molar refractivity (Wildman–Crippen MR) is 66.4 cm³/mol. The summed E-state index contributed by atoms with van der Waals surface area (Å²) in [5.41, 5.74) is -0.441. The highest BCUT2D eigenvalue weighted by Crippen LogP contribution is 2.23. The Morgan fingerprint density at radius 3 is 2.65 bits per heavy atom. The normalized spacial score (nSPS) is 22.5. The Kier molecular flexibility index (Phi) is 5.40. The van der Waals surface area contributed by atoms with E-state index in [0.717, 1.165) is 25.8 Å². The number of carbonyl (C=O) groups is 1. The maximum Gasteiger partial charge on any atom is 0.330 e. The molecule has 0 radical (unpaired) electrons. The van der Waals surface area contributed by atoms with Gasteiger partial charge in [0.1, 0.15) is 0 Å². The van der Waals surface area contributed by atoms with Crippen molar-refractivity contribution in [3.63, 3.8) is 0 Å². The molecule has 1 unspecified atom stereocenters. The van der Waals surface area contributed by atoms with Crippen LogP contribution in [-0.2, 0) is 14.4 Å². The second kappa shape index (κ2) is 6.36. The van der Waals surface area contributed by atoms with Gasteiger partial charge >= 0.3 is 5.97 Å². The van der Waals surface area contributed by atoms with E-state index in [9.17, 15) is 4.79 Å². The number of ether oxygens (including phenoxy) is 1. The molecule has 0 aromatic carbocycles. The van der Waals surface area contributed by atoms with E-state index >= 15 is 0 Å². The zero-order valence-corrected chi connectivity index (χ0v) is 11.5. The molecule has 1 fully saturated rings. The highest BCUT2D eigenvalue weighted by Gasteiger charge is 2.30. The number of hydrogen-bond donors (Lipinski definition) is 0. The van der Waals surface area contributed by atoms with Crippen LogP contribution < -0.4 is 0 Å². The number of hydroxylamine groups is 2. The zero-order chi connectivity index (χ0) is 12.9. The first-order valence-corrected chi connectivity index (χ1v) is 6.43. The highest BCUT2D eigenvalue weighted by atomic mass is 16.7. The van der Waals surface area contributed by atoms with E-state index in [2.05, 4.69) is 0 Å². The molecule has 0 spiro atoms. The molecule has 0 aliphatic carbocycles. The number of methoxy groups -OCH3 is 1. The van der Waals surface area contributed by atoms with Crippen molar-refractivity contribution in [2.24, 2.45) is 5.41 Å². The predicted octanol–water partition coefficient (Wildman–Crippen LogP) is 2.38. The Labute approximate surface area is 104 Å². The summed E-state index contributed by atoms with van der Waals surface area (Å²) in [6, 6.07) is 0.315. The van der Waals surface area contributed by atoms with Gasteiger partial charge in [-0.25, -0.2) is 4.79 Å². The number of rotatable bonds is 4. The monoisotopic (exact) mass is 243 g/mol. The molecular weight excluding hydrogens is 218 g/mol. The van der Waals surface area contributed by atoms with Crippen molar-refractivity contribution in [1.29, 1.82) is 0 Å². The summed E-state index contributed by atoms with van der Waals surface area (Å²) >= 11 is 0. The van der Waals surface area contributed by atoms with Gasteiger partial charge in [-0.3, -0.25) is 0 Å². The summed E-state index contributed by atoms with van der Waals surface area (Å²) in [5, 5.41) is 1.86. The molecule has 1 heterocycles. The molecule has 0 saturated carbocycles. The van der Waals surface area contributed by atoms with Crippen LogP contribution >= 0.6 is 0 Å². The van der Waals surface area contributed by atoms with E-state index in [-0.39, 0.29) is 5.97 Å². The molecule has 4 heteroatoms. The third-order valence-electron chi connectivity index (χ3n) is 3.04. The van der Waals surface area contributed by atoms with Crippen molar-refractivity contribution < 1.29 is 14.4 Å². The van der Waals surface area contributed by atoms with Gasteiger partial charge in [-0.05, 0) is 40.0 Å². The van der Waals surface area contributed by atoms with Gasteiger partial charge in [0.25, 0.3) is 0 Å². The van der Waals surface area contributed by atoms with Crippen LogP contribution in [0.3, 0.4) is 0 Å². The zero-order valence-electron chi connectivity index (χ0n) is 11.5. The lowest BCUT2D eigenvalue weighted by atomic mass is 9.97.